The van der Waals surface area contributed by atoms with Crippen LogP contribution in [0.5, 0.6) is 11.5 Å². The number of ether oxygens (including phenoxy) is 2. The quantitative estimate of drug-likeness (QED) is 0.898. The lowest BCUT2D eigenvalue weighted by atomic mass is 10.2. The Balaban J connectivity index is 3.05. The van der Waals surface area contributed by atoms with Crippen molar-refractivity contribution in [2.45, 2.75) is 20.5 Å². The molecule has 0 spiro atoms. The number of halogens is 1. The fraction of sp³-hybridized carbons (Fsp3) is 0.455. The van der Waals surface area contributed by atoms with Crippen molar-refractivity contribution in [1.29, 1.82) is 0 Å². The second kappa shape index (κ2) is 5.98. The largest absolute Gasteiger partial charge is 0.493 e. The van der Waals surface area contributed by atoms with E-state index in [-0.39, 0.29) is 6.61 Å². The SMILES string of the molecule is CCOc1cc(OCC)c(CO)cc1Br. The molecule has 0 saturated carbocycles. The number of rotatable bonds is 5. The topological polar surface area (TPSA) is 38.7 Å². The van der Waals surface area contributed by atoms with Gasteiger partial charge < -0.3 is 14.6 Å². The monoisotopic (exact) mass is 274 g/mol. The minimum absolute atomic E-state index is 0.0413. The highest BCUT2D eigenvalue weighted by atomic mass is 79.9. The van der Waals surface area contributed by atoms with Gasteiger partial charge in [0.1, 0.15) is 11.5 Å². The Morgan fingerprint density at radius 2 is 1.73 bits per heavy atom. The minimum Gasteiger partial charge on any atom is -0.493 e. The molecule has 0 aliphatic heterocycles. The second-order valence-corrected chi connectivity index (χ2v) is 3.77. The van der Waals surface area contributed by atoms with Crippen molar-refractivity contribution >= 4 is 15.9 Å². The van der Waals surface area contributed by atoms with Crippen LogP contribution in [0.1, 0.15) is 19.4 Å². The molecule has 0 heterocycles. The molecule has 0 bridgehead atoms. The molecule has 0 radical (unpaired) electrons. The Hall–Kier alpha value is -0.740. The van der Waals surface area contributed by atoms with Gasteiger partial charge in [-0.2, -0.15) is 0 Å². The van der Waals surface area contributed by atoms with Crippen LogP contribution < -0.4 is 9.47 Å². The summed E-state index contributed by atoms with van der Waals surface area (Å²) in [5.74, 6) is 1.41. The summed E-state index contributed by atoms with van der Waals surface area (Å²) in [6.45, 7) is 4.96. The van der Waals surface area contributed by atoms with Gasteiger partial charge in [0.05, 0.1) is 24.3 Å². The van der Waals surface area contributed by atoms with E-state index in [4.69, 9.17) is 14.6 Å². The van der Waals surface area contributed by atoms with Crippen molar-refractivity contribution in [3.05, 3.63) is 22.2 Å². The molecule has 4 heteroatoms. The van der Waals surface area contributed by atoms with Gasteiger partial charge in [0, 0.05) is 11.6 Å². The van der Waals surface area contributed by atoms with Gasteiger partial charge in [0.15, 0.2) is 0 Å². The standard InChI is InChI=1S/C11H15BrO3/c1-3-14-10-6-11(15-4-2)9(12)5-8(10)7-13/h5-6,13H,3-4,7H2,1-2H3. The van der Waals surface area contributed by atoms with Crippen LogP contribution in [-0.4, -0.2) is 18.3 Å². The third-order valence-electron chi connectivity index (χ3n) is 1.89. The molecule has 1 aromatic rings. The van der Waals surface area contributed by atoms with Gasteiger partial charge in [0.25, 0.3) is 0 Å². The number of aliphatic hydroxyl groups is 1. The van der Waals surface area contributed by atoms with E-state index in [1.807, 2.05) is 19.9 Å². The molecular formula is C11H15BrO3. The Labute approximate surface area is 98.1 Å². The van der Waals surface area contributed by atoms with Crippen LogP contribution in [0.4, 0.5) is 0 Å². The molecule has 1 rings (SSSR count). The third-order valence-corrected chi connectivity index (χ3v) is 2.50. The Kier molecular flexibility index (Phi) is 4.91. The molecule has 0 aliphatic carbocycles. The summed E-state index contributed by atoms with van der Waals surface area (Å²) in [4.78, 5) is 0. The van der Waals surface area contributed by atoms with Crippen molar-refractivity contribution in [2.24, 2.45) is 0 Å². The van der Waals surface area contributed by atoms with Crippen molar-refractivity contribution < 1.29 is 14.6 Å². The van der Waals surface area contributed by atoms with Crippen molar-refractivity contribution in [1.82, 2.24) is 0 Å². The van der Waals surface area contributed by atoms with Crippen molar-refractivity contribution in [3.8, 4) is 11.5 Å². The highest BCUT2D eigenvalue weighted by Crippen LogP contribution is 2.33. The summed E-state index contributed by atoms with van der Waals surface area (Å²) in [7, 11) is 0. The molecular weight excluding hydrogens is 260 g/mol. The summed E-state index contributed by atoms with van der Waals surface area (Å²) < 4.78 is 11.7. The van der Waals surface area contributed by atoms with Gasteiger partial charge in [-0.25, -0.2) is 0 Å². The molecule has 1 N–H and O–H groups in total. The fourth-order valence-corrected chi connectivity index (χ4v) is 1.76. The average molecular weight is 275 g/mol. The average Bonchev–Trinajstić information content (AvgIpc) is 2.23. The van der Waals surface area contributed by atoms with E-state index in [0.717, 1.165) is 15.8 Å². The van der Waals surface area contributed by atoms with Gasteiger partial charge in [-0.05, 0) is 35.8 Å². The predicted octanol–water partition coefficient (Wildman–Crippen LogP) is 2.74. The van der Waals surface area contributed by atoms with E-state index in [1.165, 1.54) is 0 Å². The fourth-order valence-electron chi connectivity index (χ4n) is 1.26. The molecule has 15 heavy (non-hydrogen) atoms. The number of hydrogen-bond acceptors (Lipinski definition) is 3. The maximum Gasteiger partial charge on any atom is 0.137 e. The zero-order valence-corrected chi connectivity index (χ0v) is 10.5. The lowest BCUT2D eigenvalue weighted by molar-refractivity contribution is 0.265. The first-order valence-electron chi connectivity index (χ1n) is 4.91. The molecule has 0 unspecified atom stereocenters. The molecule has 3 nitrogen and oxygen atoms in total. The second-order valence-electron chi connectivity index (χ2n) is 2.91. The molecule has 0 aliphatic rings. The lowest BCUT2D eigenvalue weighted by Crippen LogP contribution is -1.99. The van der Waals surface area contributed by atoms with E-state index in [1.54, 1.807) is 6.07 Å². The van der Waals surface area contributed by atoms with E-state index in [2.05, 4.69) is 15.9 Å². The summed E-state index contributed by atoms with van der Waals surface area (Å²) in [5.41, 5.74) is 0.757. The smallest absolute Gasteiger partial charge is 0.137 e. The summed E-state index contributed by atoms with van der Waals surface area (Å²) >= 11 is 3.38. The van der Waals surface area contributed by atoms with Crippen molar-refractivity contribution in [3.63, 3.8) is 0 Å². The van der Waals surface area contributed by atoms with Crippen LogP contribution in [0.3, 0.4) is 0 Å². The van der Waals surface area contributed by atoms with Crippen LogP contribution in [0, 0.1) is 0 Å². The van der Waals surface area contributed by atoms with Crippen LogP contribution in [0.15, 0.2) is 16.6 Å². The lowest BCUT2D eigenvalue weighted by Gasteiger charge is -2.12. The Morgan fingerprint density at radius 3 is 2.27 bits per heavy atom. The van der Waals surface area contributed by atoms with Gasteiger partial charge in [0.2, 0.25) is 0 Å². The zero-order chi connectivity index (χ0) is 11.3. The molecule has 0 fully saturated rings. The van der Waals surface area contributed by atoms with E-state index in [9.17, 15) is 0 Å². The molecule has 84 valence electrons. The van der Waals surface area contributed by atoms with Gasteiger partial charge >= 0.3 is 0 Å². The minimum atomic E-state index is -0.0413. The number of benzene rings is 1. The number of hydrogen-bond donors (Lipinski definition) is 1. The summed E-state index contributed by atoms with van der Waals surface area (Å²) in [6.07, 6.45) is 0. The van der Waals surface area contributed by atoms with Gasteiger partial charge in [-0.15, -0.1) is 0 Å². The third kappa shape index (κ3) is 3.11. The maximum absolute atomic E-state index is 9.15. The maximum atomic E-state index is 9.15. The van der Waals surface area contributed by atoms with E-state index >= 15 is 0 Å². The van der Waals surface area contributed by atoms with E-state index in [0.29, 0.717) is 19.0 Å². The molecule has 0 aromatic heterocycles. The molecule has 1 aromatic carbocycles. The van der Waals surface area contributed by atoms with Crippen LogP contribution in [0.25, 0.3) is 0 Å². The predicted molar refractivity (Wildman–Crippen MR) is 62.4 cm³/mol. The molecule has 0 amide bonds. The highest BCUT2D eigenvalue weighted by Gasteiger charge is 2.09. The Bertz CT molecular complexity index is 326. The van der Waals surface area contributed by atoms with Crippen LogP contribution in [0.2, 0.25) is 0 Å². The normalized spacial score (nSPS) is 10.1. The molecule has 0 atom stereocenters. The van der Waals surface area contributed by atoms with Crippen LogP contribution >= 0.6 is 15.9 Å². The summed E-state index contributed by atoms with van der Waals surface area (Å²) in [5, 5.41) is 9.15. The first-order valence-corrected chi connectivity index (χ1v) is 5.71. The first kappa shape index (κ1) is 12.3. The van der Waals surface area contributed by atoms with Gasteiger partial charge in [-0.1, -0.05) is 0 Å². The number of aliphatic hydroxyl groups excluding tert-OH is 1. The zero-order valence-electron chi connectivity index (χ0n) is 8.92. The Morgan fingerprint density at radius 1 is 1.13 bits per heavy atom. The summed E-state index contributed by atoms with van der Waals surface area (Å²) in [6, 6.07) is 3.61. The first-order chi connectivity index (χ1) is 7.22. The van der Waals surface area contributed by atoms with Crippen molar-refractivity contribution in [2.75, 3.05) is 13.2 Å². The molecule has 0 saturated heterocycles. The van der Waals surface area contributed by atoms with E-state index < -0.39 is 0 Å². The van der Waals surface area contributed by atoms with Gasteiger partial charge in [-0.3, -0.25) is 0 Å². The highest BCUT2D eigenvalue weighted by molar-refractivity contribution is 9.10. The van der Waals surface area contributed by atoms with Crippen LogP contribution in [-0.2, 0) is 6.61 Å².